The highest BCUT2D eigenvalue weighted by molar-refractivity contribution is 5.99. The fourth-order valence-corrected chi connectivity index (χ4v) is 1.62. The molecule has 0 aliphatic carbocycles. The molecule has 0 aliphatic rings. The number of hydrogen-bond donors (Lipinski definition) is 2. The van der Waals surface area contributed by atoms with Crippen LogP contribution in [0.4, 0.5) is 5.69 Å². The van der Waals surface area contributed by atoms with Crippen molar-refractivity contribution in [3.05, 3.63) is 29.3 Å². The lowest BCUT2D eigenvalue weighted by Gasteiger charge is -2.21. The zero-order valence-electron chi connectivity index (χ0n) is 11.5. The highest BCUT2D eigenvalue weighted by Gasteiger charge is 2.15. The van der Waals surface area contributed by atoms with Gasteiger partial charge in [0.05, 0.1) is 11.3 Å². The van der Waals surface area contributed by atoms with E-state index in [0.717, 1.165) is 12.1 Å². The van der Waals surface area contributed by atoms with Crippen molar-refractivity contribution in [2.45, 2.75) is 6.92 Å². The lowest BCUT2D eigenvalue weighted by Crippen LogP contribution is -2.34. The summed E-state index contributed by atoms with van der Waals surface area (Å²) in [6.07, 6.45) is 0. The summed E-state index contributed by atoms with van der Waals surface area (Å²) in [4.78, 5) is 16.0. The van der Waals surface area contributed by atoms with Crippen molar-refractivity contribution in [3.8, 4) is 0 Å². The molecule has 0 unspecified atom stereocenters. The van der Waals surface area contributed by atoms with Crippen LogP contribution in [0, 0.1) is 6.92 Å². The van der Waals surface area contributed by atoms with E-state index in [0.29, 0.717) is 17.8 Å². The Morgan fingerprint density at radius 2 is 1.94 bits per heavy atom. The third kappa shape index (κ3) is 3.72. The largest absolute Gasteiger partial charge is 0.340 e. The van der Waals surface area contributed by atoms with Crippen LogP contribution in [-0.2, 0) is 0 Å². The Morgan fingerprint density at radius 1 is 1.28 bits per heavy atom. The van der Waals surface area contributed by atoms with E-state index in [-0.39, 0.29) is 5.91 Å². The number of hydrogen-bond acceptors (Lipinski definition) is 4. The molecule has 5 nitrogen and oxygen atoms in total. The Balaban J connectivity index is 2.83. The minimum atomic E-state index is -0.0233. The summed E-state index contributed by atoms with van der Waals surface area (Å²) in [5.74, 6) is 5.43. The quantitative estimate of drug-likeness (QED) is 0.602. The van der Waals surface area contributed by atoms with Crippen LogP contribution in [0.1, 0.15) is 15.9 Å². The number of aryl methyl sites for hydroxylation is 1. The number of anilines is 1. The van der Waals surface area contributed by atoms with Crippen LogP contribution in [0.25, 0.3) is 0 Å². The molecule has 5 heteroatoms. The van der Waals surface area contributed by atoms with Gasteiger partial charge < -0.3 is 15.2 Å². The zero-order valence-corrected chi connectivity index (χ0v) is 11.5. The van der Waals surface area contributed by atoms with Gasteiger partial charge in [-0.05, 0) is 38.7 Å². The van der Waals surface area contributed by atoms with E-state index >= 15 is 0 Å². The van der Waals surface area contributed by atoms with E-state index in [4.69, 9.17) is 5.84 Å². The number of nitrogen functional groups attached to an aromatic ring is 1. The van der Waals surface area contributed by atoms with Crippen LogP contribution in [0.15, 0.2) is 18.2 Å². The average molecular weight is 250 g/mol. The number of nitrogens with two attached hydrogens (primary N) is 1. The van der Waals surface area contributed by atoms with Gasteiger partial charge in [-0.2, -0.15) is 0 Å². The highest BCUT2D eigenvalue weighted by Crippen LogP contribution is 2.18. The summed E-state index contributed by atoms with van der Waals surface area (Å²) in [5, 5.41) is 0. The zero-order chi connectivity index (χ0) is 13.7. The monoisotopic (exact) mass is 250 g/mol. The molecule has 1 aromatic carbocycles. The number of benzene rings is 1. The minimum absolute atomic E-state index is 0.0233. The first-order valence-corrected chi connectivity index (χ1v) is 5.93. The van der Waals surface area contributed by atoms with Crippen LogP contribution in [0.5, 0.6) is 0 Å². The molecule has 0 spiro atoms. The summed E-state index contributed by atoms with van der Waals surface area (Å²) >= 11 is 0. The molecule has 1 rings (SSSR count). The standard InChI is InChI=1S/C13H22N4O/c1-10-5-6-11(12(9-10)15-14)13(18)17(4)8-7-16(2)3/h5-6,9,15H,7-8,14H2,1-4H3. The van der Waals surface area contributed by atoms with Crippen LogP contribution in [0.2, 0.25) is 0 Å². The van der Waals surface area contributed by atoms with E-state index in [1.165, 1.54) is 0 Å². The molecule has 0 fully saturated rings. The number of carbonyl (C=O) groups is 1. The number of nitrogens with one attached hydrogen (secondary N) is 1. The second-order valence-electron chi connectivity index (χ2n) is 4.72. The molecule has 1 amide bonds. The van der Waals surface area contributed by atoms with Crippen LogP contribution in [0.3, 0.4) is 0 Å². The predicted molar refractivity (Wildman–Crippen MR) is 74.5 cm³/mol. The molecule has 1 aromatic rings. The smallest absolute Gasteiger partial charge is 0.255 e. The van der Waals surface area contributed by atoms with Crippen molar-refractivity contribution >= 4 is 11.6 Å². The highest BCUT2D eigenvalue weighted by atomic mass is 16.2. The second kappa shape index (κ2) is 6.37. The van der Waals surface area contributed by atoms with E-state index < -0.39 is 0 Å². The van der Waals surface area contributed by atoms with Gasteiger partial charge in [0, 0.05) is 20.1 Å². The van der Waals surface area contributed by atoms with Crippen molar-refractivity contribution in [2.75, 3.05) is 39.7 Å². The second-order valence-corrected chi connectivity index (χ2v) is 4.72. The first-order chi connectivity index (χ1) is 8.45. The van der Waals surface area contributed by atoms with Gasteiger partial charge in [0.1, 0.15) is 0 Å². The molecular formula is C13H22N4O. The van der Waals surface area contributed by atoms with Gasteiger partial charge in [0.2, 0.25) is 0 Å². The van der Waals surface area contributed by atoms with E-state index in [9.17, 15) is 4.79 Å². The number of rotatable bonds is 5. The van der Waals surface area contributed by atoms with Gasteiger partial charge >= 0.3 is 0 Å². The van der Waals surface area contributed by atoms with Crippen molar-refractivity contribution in [1.82, 2.24) is 9.80 Å². The molecular weight excluding hydrogens is 228 g/mol. The van der Waals surface area contributed by atoms with Crippen molar-refractivity contribution in [3.63, 3.8) is 0 Å². The van der Waals surface area contributed by atoms with Gasteiger partial charge in [-0.1, -0.05) is 6.07 Å². The van der Waals surface area contributed by atoms with Crippen molar-refractivity contribution < 1.29 is 4.79 Å². The van der Waals surface area contributed by atoms with E-state index in [2.05, 4.69) is 5.43 Å². The lowest BCUT2D eigenvalue weighted by atomic mass is 10.1. The summed E-state index contributed by atoms with van der Waals surface area (Å²) in [5.41, 5.74) is 4.91. The fraction of sp³-hybridized carbons (Fsp3) is 0.462. The molecule has 0 heterocycles. The summed E-state index contributed by atoms with van der Waals surface area (Å²) in [7, 11) is 5.76. The van der Waals surface area contributed by atoms with Gasteiger partial charge in [-0.3, -0.25) is 10.6 Å². The molecule has 0 saturated heterocycles. The number of hydrazine groups is 1. The Labute approximate surface area is 109 Å². The Kier molecular flexibility index (Phi) is 5.12. The third-order valence-corrected chi connectivity index (χ3v) is 2.79. The number of carbonyl (C=O) groups excluding carboxylic acids is 1. The Hall–Kier alpha value is -1.59. The molecule has 0 radical (unpaired) electrons. The number of likely N-dealkylation sites (N-methyl/N-ethyl adjacent to an activating group) is 2. The first-order valence-electron chi connectivity index (χ1n) is 5.93. The lowest BCUT2D eigenvalue weighted by molar-refractivity contribution is 0.0787. The number of nitrogens with zero attached hydrogens (tertiary/aromatic N) is 2. The van der Waals surface area contributed by atoms with Gasteiger partial charge in [-0.15, -0.1) is 0 Å². The van der Waals surface area contributed by atoms with Gasteiger partial charge in [0.15, 0.2) is 0 Å². The maximum Gasteiger partial charge on any atom is 0.255 e. The molecule has 3 N–H and O–H groups in total. The van der Waals surface area contributed by atoms with Crippen LogP contribution >= 0.6 is 0 Å². The Bertz CT molecular complexity index is 417. The van der Waals surface area contributed by atoms with E-state index in [1.54, 1.807) is 18.0 Å². The average Bonchev–Trinajstić information content (AvgIpc) is 2.34. The van der Waals surface area contributed by atoms with Crippen LogP contribution in [-0.4, -0.2) is 49.9 Å². The minimum Gasteiger partial charge on any atom is -0.340 e. The molecule has 0 aromatic heterocycles. The Morgan fingerprint density at radius 3 is 2.50 bits per heavy atom. The molecule has 18 heavy (non-hydrogen) atoms. The van der Waals surface area contributed by atoms with Gasteiger partial charge in [-0.25, -0.2) is 0 Å². The SMILES string of the molecule is Cc1ccc(C(=O)N(C)CCN(C)C)c(NN)c1. The summed E-state index contributed by atoms with van der Waals surface area (Å²) in [6, 6.07) is 5.58. The molecule has 0 atom stereocenters. The molecule has 0 bridgehead atoms. The van der Waals surface area contributed by atoms with E-state index in [1.807, 2.05) is 38.1 Å². The van der Waals surface area contributed by atoms with Crippen LogP contribution < -0.4 is 11.3 Å². The molecule has 0 aliphatic heterocycles. The topological polar surface area (TPSA) is 61.6 Å². The van der Waals surface area contributed by atoms with Gasteiger partial charge in [0.25, 0.3) is 5.91 Å². The van der Waals surface area contributed by atoms with Crippen molar-refractivity contribution in [1.29, 1.82) is 0 Å². The molecule has 100 valence electrons. The molecule has 0 saturated carbocycles. The third-order valence-electron chi connectivity index (χ3n) is 2.79. The first kappa shape index (κ1) is 14.5. The normalized spacial score (nSPS) is 10.6. The predicted octanol–water partition coefficient (Wildman–Crippen LogP) is 0.914. The maximum absolute atomic E-state index is 12.3. The maximum atomic E-state index is 12.3. The summed E-state index contributed by atoms with van der Waals surface area (Å²) < 4.78 is 0. The van der Waals surface area contributed by atoms with Crippen molar-refractivity contribution in [2.24, 2.45) is 5.84 Å². The number of amides is 1. The summed E-state index contributed by atoms with van der Waals surface area (Å²) in [6.45, 7) is 3.48. The fourth-order valence-electron chi connectivity index (χ4n) is 1.62.